The molecule has 7 heteroatoms. The van der Waals surface area contributed by atoms with Crippen LogP contribution in [-0.4, -0.2) is 16.8 Å². The van der Waals surface area contributed by atoms with Crippen LogP contribution in [0.2, 0.25) is 0 Å². The zero-order valence-electron chi connectivity index (χ0n) is 14.8. The molecule has 0 saturated carbocycles. The molecule has 2 aromatic rings. The molecule has 1 N–H and O–H groups in total. The van der Waals surface area contributed by atoms with Crippen molar-refractivity contribution in [2.75, 3.05) is 5.32 Å². The van der Waals surface area contributed by atoms with E-state index in [0.717, 1.165) is 0 Å². The van der Waals surface area contributed by atoms with Crippen LogP contribution in [0, 0.1) is 23.0 Å². The van der Waals surface area contributed by atoms with E-state index in [4.69, 9.17) is 4.74 Å². The first-order valence-corrected chi connectivity index (χ1v) is 8.11. The Labute approximate surface area is 151 Å². The normalized spacial score (nSPS) is 11.7. The molecule has 0 radical (unpaired) electrons. The van der Waals surface area contributed by atoms with E-state index in [-0.39, 0.29) is 11.4 Å². The first kappa shape index (κ1) is 19.1. The number of benzene rings is 2. The molecule has 1 atom stereocenters. The second-order valence-electron chi connectivity index (χ2n) is 6.15. The van der Waals surface area contributed by atoms with E-state index in [2.05, 4.69) is 5.32 Å². The number of nitro groups is 1. The highest BCUT2D eigenvalue weighted by Gasteiger charge is 2.28. The molecular weight excluding hydrogens is 336 g/mol. The number of hydrogen-bond donors (Lipinski definition) is 1. The Morgan fingerprint density at radius 1 is 1.12 bits per heavy atom. The summed E-state index contributed by atoms with van der Waals surface area (Å²) in [6, 6.07) is 13.0. The molecule has 0 aromatic heterocycles. The lowest BCUT2D eigenvalue weighted by molar-refractivity contribution is -0.384. The van der Waals surface area contributed by atoms with Gasteiger partial charge in [-0.3, -0.25) is 19.7 Å². The summed E-state index contributed by atoms with van der Waals surface area (Å²) in [6.07, 6.45) is -1.20. The molecule has 0 aliphatic heterocycles. The highest BCUT2D eigenvalue weighted by molar-refractivity contribution is 5.97. The van der Waals surface area contributed by atoms with Gasteiger partial charge < -0.3 is 10.1 Å². The van der Waals surface area contributed by atoms with Gasteiger partial charge in [-0.15, -0.1) is 0 Å². The van der Waals surface area contributed by atoms with Crippen LogP contribution < -0.4 is 5.32 Å². The summed E-state index contributed by atoms with van der Waals surface area (Å²) in [5, 5.41) is 13.7. The Bertz CT molecular complexity index is 818. The minimum atomic E-state index is -1.20. The molecule has 1 amide bonds. The van der Waals surface area contributed by atoms with E-state index >= 15 is 0 Å². The Kier molecular flexibility index (Phi) is 6.06. The van der Waals surface area contributed by atoms with E-state index in [1.807, 2.05) is 0 Å². The third-order valence-electron chi connectivity index (χ3n) is 3.65. The smallest absolute Gasteiger partial charge is 0.309 e. The highest BCUT2D eigenvalue weighted by atomic mass is 16.6. The average molecular weight is 356 g/mol. The SMILES string of the molecule is Cc1ccc(NC(=O)[C@H](OC(=O)C(C)C)c2ccccc2)c([N+](=O)[O-])c1. The van der Waals surface area contributed by atoms with Crippen LogP contribution in [0.3, 0.4) is 0 Å². The van der Waals surface area contributed by atoms with Crippen molar-refractivity contribution in [2.24, 2.45) is 5.92 Å². The van der Waals surface area contributed by atoms with Gasteiger partial charge in [0.1, 0.15) is 5.69 Å². The van der Waals surface area contributed by atoms with Crippen LogP contribution in [0.15, 0.2) is 48.5 Å². The molecule has 0 aliphatic rings. The van der Waals surface area contributed by atoms with E-state index in [1.54, 1.807) is 57.2 Å². The maximum absolute atomic E-state index is 12.7. The van der Waals surface area contributed by atoms with Gasteiger partial charge in [-0.05, 0) is 18.6 Å². The van der Waals surface area contributed by atoms with Crippen molar-refractivity contribution in [1.29, 1.82) is 0 Å². The molecular formula is C19H20N2O5. The fourth-order valence-corrected chi connectivity index (χ4v) is 2.25. The number of carbonyl (C=O) groups is 2. The average Bonchev–Trinajstić information content (AvgIpc) is 2.61. The van der Waals surface area contributed by atoms with Crippen molar-refractivity contribution in [1.82, 2.24) is 0 Å². The zero-order valence-corrected chi connectivity index (χ0v) is 14.8. The van der Waals surface area contributed by atoms with Crippen LogP contribution in [0.25, 0.3) is 0 Å². The van der Waals surface area contributed by atoms with Gasteiger partial charge in [0.2, 0.25) is 6.10 Å². The second kappa shape index (κ2) is 8.24. The number of rotatable bonds is 6. The molecule has 0 unspecified atom stereocenters. The van der Waals surface area contributed by atoms with Crippen molar-refractivity contribution in [3.63, 3.8) is 0 Å². The second-order valence-corrected chi connectivity index (χ2v) is 6.15. The van der Waals surface area contributed by atoms with Crippen molar-refractivity contribution in [3.8, 4) is 0 Å². The van der Waals surface area contributed by atoms with Gasteiger partial charge in [-0.2, -0.15) is 0 Å². The molecule has 0 saturated heterocycles. The predicted molar refractivity (Wildman–Crippen MR) is 96.6 cm³/mol. The van der Waals surface area contributed by atoms with Crippen LogP contribution >= 0.6 is 0 Å². The fourth-order valence-electron chi connectivity index (χ4n) is 2.25. The van der Waals surface area contributed by atoms with Gasteiger partial charge >= 0.3 is 5.97 Å². The van der Waals surface area contributed by atoms with Crippen molar-refractivity contribution < 1.29 is 19.2 Å². The lowest BCUT2D eigenvalue weighted by atomic mass is 10.1. The third kappa shape index (κ3) is 4.66. The Morgan fingerprint density at radius 2 is 1.77 bits per heavy atom. The maximum Gasteiger partial charge on any atom is 0.309 e. The summed E-state index contributed by atoms with van der Waals surface area (Å²) >= 11 is 0. The minimum Gasteiger partial charge on any atom is -0.447 e. The predicted octanol–water partition coefficient (Wildman–Crippen LogP) is 3.78. The molecule has 7 nitrogen and oxygen atoms in total. The van der Waals surface area contributed by atoms with Crippen LogP contribution in [0.4, 0.5) is 11.4 Å². The Balaban J connectivity index is 2.33. The van der Waals surface area contributed by atoms with Gasteiger partial charge in [0.05, 0.1) is 10.8 Å². The highest BCUT2D eigenvalue weighted by Crippen LogP contribution is 2.28. The zero-order chi connectivity index (χ0) is 19.3. The molecule has 0 bridgehead atoms. The molecule has 2 aromatic carbocycles. The number of aryl methyl sites for hydroxylation is 1. The third-order valence-corrected chi connectivity index (χ3v) is 3.65. The number of nitrogens with one attached hydrogen (secondary N) is 1. The maximum atomic E-state index is 12.7. The molecule has 26 heavy (non-hydrogen) atoms. The van der Waals surface area contributed by atoms with Crippen molar-refractivity contribution in [2.45, 2.75) is 26.9 Å². The quantitative estimate of drug-likeness (QED) is 0.482. The van der Waals surface area contributed by atoms with Crippen LogP contribution in [-0.2, 0) is 14.3 Å². The summed E-state index contributed by atoms with van der Waals surface area (Å²) in [4.78, 5) is 35.4. The van der Waals surface area contributed by atoms with Gasteiger partial charge in [0.15, 0.2) is 0 Å². The fraction of sp³-hybridized carbons (Fsp3) is 0.263. The lowest BCUT2D eigenvalue weighted by Crippen LogP contribution is -2.27. The number of esters is 1. The van der Waals surface area contributed by atoms with Crippen molar-refractivity contribution in [3.05, 3.63) is 69.8 Å². The van der Waals surface area contributed by atoms with Crippen molar-refractivity contribution >= 4 is 23.3 Å². The standard InChI is InChI=1S/C19H20N2O5/c1-12(2)19(23)26-17(14-7-5-4-6-8-14)18(22)20-15-10-9-13(3)11-16(15)21(24)25/h4-12,17H,1-3H3,(H,20,22)/t17-/m1/s1. The minimum absolute atomic E-state index is 0.0483. The van der Waals surface area contributed by atoms with E-state index in [1.165, 1.54) is 12.1 Å². The molecule has 0 heterocycles. The molecule has 0 fully saturated rings. The number of hydrogen-bond acceptors (Lipinski definition) is 5. The first-order chi connectivity index (χ1) is 12.3. The molecule has 2 rings (SSSR count). The summed E-state index contributed by atoms with van der Waals surface area (Å²) in [5.41, 5.74) is 1.00. The number of nitrogens with zero attached hydrogens (tertiary/aromatic N) is 1. The van der Waals surface area contributed by atoms with Gasteiger partial charge in [-0.1, -0.05) is 50.2 Å². The number of amides is 1. The monoisotopic (exact) mass is 356 g/mol. The molecule has 0 spiro atoms. The first-order valence-electron chi connectivity index (χ1n) is 8.11. The van der Waals surface area contributed by atoms with E-state index < -0.39 is 28.8 Å². The Hall–Kier alpha value is -3.22. The number of anilines is 1. The summed E-state index contributed by atoms with van der Waals surface area (Å²) in [6.45, 7) is 5.04. The number of nitro benzene ring substituents is 1. The molecule has 0 aliphatic carbocycles. The largest absolute Gasteiger partial charge is 0.447 e. The van der Waals surface area contributed by atoms with Gasteiger partial charge in [0.25, 0.3) is 11.6 Å². The number of ether oxygens (including phenoxy) is 1. The van der Waals surface area contributed by atoms with Gasteiger partial charge in [0, 0.05) is 11.6 Å². The van der Waals surface area contributed by atoms with Gasteiger partial charge in [-0.25, -0.2) is 0 Å². The summed E-state index contributed by atoms with van der Waals surface area (Å²) < 4.78 is 5.34. The van der Waals surface area contributed by atoms with Crippen LogP contribution in [0.1, 0.15) is 31.1 Å². The molecule has 136 valence electrons. The van der Waals surface area contributed by atoms with Crippen LogP contribution in [0.5, 0.6) is 0 Å². The summed E-state index contributed by atoms with van der Waals surface area (Å²) in [5.74, 6) is -1.60. The topological polar surface area (TPSA) is 98.5 Å². The lowest BCUT2D eigenvalue weighted by Gasteiger charge is -2.19. The summed E-state index contributed by atoms with van der Waals surface area (Å²) in [7, 11) is 0. The Morgan fingerprint density at radius 3 is 2.35 bits per heavy atom. The van der Waals surface area contributed by atoms with E-state index in [0.29, 0.717) is 11.1 Å². The van der Waals surface area contributed by atoms with E-state index in [9.17, 15) is 19.7 Å². The number of carbonyl (C=O) groups excluding carboxylic acids is 2.